The maximum atomic E-state index is 11.1. The van der Waals surface area contributed by atoms with Gasteiger partial charge in [0.15, 0.2) is 0 Å². The van der Waals surface area contributed by atoms with Crippen molar-refractivity contribution in [1.29, 1.82) is 5.26 Å². The van der Waals surface area contributed by atoms with Gasteiger partial charge in [-0.15, -0.1) is 0 Å². The van der Waals surface area contributed by atoms with Crippen LogP contribution in [0.25, 0.3) is 0 Å². The van der Waals surface area contributed by atoms with Crippen molar-refractivity contribution in [3.63, 3.8) is 0 Å². The molecule has 0 aliphatic heterocycles. The van der Waals surface area contributed by atoms with Crippen LogP contribution in [0.3, 0.4) is 0 Å². The SMILES string of the molecule is COCO[C@]12C[C@H](Cc3cc(OC)ccc31)[C@@]1(C#N)[C@@H]3CCCCC3=C(O[Si](C)(C)C(C)(C)C)C[C@H]12. The van der Waals surface area contributed by atoms with Gasteiger partial charge in [-0.3, -0.25) is 0 Å². The molecule has 1 aromatic carbocycles. The summed E-state index contributed by atoms with van der Waals surface area (Å²) >= 11 is 0. The Morgan fingerprint density at radius 3 is 2.58 bits per heavy atom. The van der Waals surface area contributed by atoms with Crippen molar-refractivity contribution in [3.8, 4) is 11.8 Å². The third kappa shape index (κ3) is 3.61. The van der Waals surface area contributed by atoms with Gasteiger partial charge in [0, 0.05) is 25.4 Å². The molecule has 5 rings (SSSR count). The number of hydrogen-bond acceptors (Lipinski definition) is 5. The molecule has 0 spiro atoms. The van der Waals surface area contributed by atoms with Crippen LogP contribution in [-0.2, 0) is 25.9 Å². The molecule has 5 nitrogen and oxygen atoms in total. The van der Waals surface area contributed by atoms with Crippen LogP contribution in [0.4, 0.5) is 0 Å². The van der Waals surface area contributed by atoms with Crippen LogP contribution >= 0.6 is 0 Å². The Labute approximate surface area is 218 Å². The molecule has 1 aromatic rings. The van der Waals surface area contributed by atoms with Gasteiger partial charge in [-0.1, -0.05) is 33.3 Å². The fourth-order valence-corrected chi connectivity index (χ4v) is 8.83. The molecule has 2 fully saturated rings. The molecule has 4 aliphatic rings. The Balaban J connectivity index is 1.69. The molecular formula is C30H43NO4Si. The fraction of sp³-hybridized carbons (Fsp3) is 0.700. The third-order valence-corrected chi connectivity index (χ3v) is 14.7. The van der Waals surface area contributed by atoms with E-state index in [4.69, 9.17) is 18.6 Å². The van der Waals surface area contributed by atoms with Gasteiger partial charge in [0.25, 0.3) is 0 Å². The Hall–Kier alpha value is -1.81. The van der Waals surface area contributed by atoms with E-state index in [-0.39, 0.29) is 29.6 Å². The van der Waals surface area contributed by atoms with E-state index in [0.717, 1.165) is 37.9 Å². The minimum absolute atomic E-state index is 0.0383. The Morgan fingerprint density at radius 2 is 1.92 bits per heavy atom. The Morgan fingerprint density at radius 1 is 1.14 bits per heavy atom. The molecule has 196 valence electrons. The van der Waals surface area contributed by atoms with E-state index in [0.29, 0.717) is 0 Å². The summed E-state index contributed by atoms with van der Waals surface area (Å²) in [4.78, 5) is 0. The zero-order valence-corrected chi connectivity index (χ0v) is 24.2. The normalized spacial score (nSPS) is 33.3. The first-order valence-electron chi connectivity index (χ1n) is 13.7. The number of benzene rings is 1. The summed E-state index contributed by atoms with van der Waals surface area (Å²) < 4.78 is 25.0. The van der Waals surface area contributed by atoms with Crippen LogP contribution in [0.2, 0.25) is 18.1 Å². The average molecular weight is 510 g/mol. The molecule has 4 aliphatic carbocycles. The van der Waals surface area contributed by atoms with Crippen LogP contribution in [0.1, 0.15) is 70.4 Å². The van der Waals surface area contributed by atoms with E-state index in [1.165, 1.54) is 35.3 Å². The molecule has 0 N–H and O–H groups in total. The van der Waals surface area contributed by atoms with Crippen LogP contribution in [-0.4, -0.2) is 29.3 Å². The third-order valence-electron chi connectivity index (χ3n) is 10.3. The lowest BCUT2D eigenvalue weighted by Gasteiger charge is -2.51. The predicted molar refractivity (Wildman–Crippen MR) is 143 cm³/mol. The van der Waals surface area contributed by atoms with Crippen molar-refractivity contribution in [1.82, 2.24) is 0 Å². The number of fused-ring (bicyclic) bond motifs is 9. The minimum Gasteiger partial charge on any atom is -0.547 e. The van der Waals surface area contributed by atoms with Crippen LogP contribution in [0, 0.1) is 34.5 Å². The maximum absolute atomic E-state index is 11.1. The number of hydrogen-bond donors (Lipinski definition) is 0. The second-order valence-electron chi connectivity index (χ2n) is 13.0. The molecule has 0 amide bonds. The monoisotopic (exact) mass is 509 g/mol. The lowest BCUT2D eigenvalue weighted by Crippen LogP contribution is -2.50. The number of nitrogens with zero attached hydrogens (tertiary/aromatic N) is 1. The second kappa shape index (κ2) is 8.89. The predicted octanol–water partition coefficient (Wildman–Crippen LogP) is 7.08. The molecule has 5 atom stereocenters. The van der Waals surface area contributed by atoms with E-state index in [2.05, 4.69) is 52.1 Å². The van der Waals surface area contributed by atoms with Gasteiger partial charge in [0.1, 0.15) is 18.1 Å². The molecule has 2 saturated carbocycles. The summed E-state index contributed by atoms with van der Waals surface area (Å²) in [6, 6.07) is 9.39. The quantitative estimate of drug-likeness (QED) is 0.303. The summed E-state index contributed by atoms with van der Waals surface area (Å²) in [5.74, 6) is 2.58. The highest BCUT2D eigenvalue weighted by Crippen LogP contribution is 2.71. The van der Waals surface area contributed by atoms with E-state index in [1.807, 2.05) is 6.07 Å². The highest BCUT2D eigenvalue weighted by atomic mass is 28.4. The lowest BCUT2D eigenvalue weighted by molar-refractivity contribution is -0.165. The first-order chi connectivity index (χ1) is 17.0. The van der Waals surface area contributed by atoms with Crippen molar-refractivity contribution >= 4 is 8.32 Å². The van der Waals surface area contributed by atoms with Crippen LogP contribution < -0.4 is 4.74 Å². The lowest BCUT2D eigenvalue weighted by atomic mass is 9.54. The number of ether oxygens (including phenoxy) is 3. The van der Waals surface area contributed by atoms with E-state index >= 15 is 0 Å². The zero-order valence-electron chi connectivity index (χ0n) is 23.2. The van der Waals surface area contributed by atoms with Crippen LogP contribution in [0.5, 0.6) is 5.75 Å². The van der Waals surface area contributed by atoms with Gasteiger partial charge in [-0.2, -0.15) is 5.26 Å². The van der Waals surface area contributed by atoms with Crippen molar-refractivity contribution < 1.29 is 18.6 Å². The first kappa shape index (κ1) is 25.8. The molecular weight excluding hydrogens is 466 g/mol. The summed E-state index contributed by atoms with van der Waals surface area (Å²) in [5.41, 5.74) is 2.91. The fourth-order valence-electron chi connectivity index (χ4n) is 7.70. The molecule has 2 bridgehead atoms. The molecule has 0 heterocycles. The van der Waals surface area contributed by atoms with Gasteiger partial charge < -0.3 is 18.6 Å². The number of rotatable bonds is 6. The molecule has 0 radical (unpaired) electrons. The highest BCUT2D eigenvalue weighted by molar-refractivity contribution is 6.74. The summed E-state index contributed by atoms with van der Waals surface area (Å²) in [6.45, 7) is 11.8. The molecule has 6 heteroatoms. The smallest absolute Gasteiger partial charge is 0.250 e. The van der Waals surface area contributed by atoms with Crippen molar-refractivity contribution in [2.45, 2.75) is 89.5 Å². The standard InChI is InChI=1S/C30H43NO4Si/c1-28(2,3)36(6,7)35-26-16-27-29(18-31,25-11-9-8-10-23(25)26)21-14-20-15-22(33-5)12-13-24(20)30(27,17-21)34-19-32-4/h12-13,15,21,25,27H,8-11,14,16-17,19H2,1-7H3/t21-,25+,27+,29-,30+/m0/s1. The van der Waals surface area contributed by atoms with Crippen molar-refractivity contribution in [3.05, 3.63) is 40.7 Å². The summed E-state index contributed by atoms with van der Waals surface area (Å²) in [6.07, 6.45) is 7.04. The van der Waals surface area contributed by atoms with Gasteiger partial charge in [0.2, 0.25) is 8.32 Å². The van der Waals surface area contributed by atoms with E-state index < -0.39 is 19.3 Å². The molecule has 0 unspecified atom stereocenters. The van der Waals surface area contributed by atoms with Crippen LogP contribution in [0.15, 0.2) is 29.5 Å². The number of methoxy groups -OCH3 is 2. The zero-order chi connectivity index (χ0) is 25.9. The molecule has 36 heavy (non-hydrogen) atoms. The topological polar surface area (TPSA) is 60.7 Å². The summed E-state index contributed by atoms with van der Waals surface area (Å²) in [5, 5.41) is 11.2. The van der Waals surface area contributed by atoms with Crippen molar-refractivity contribution in [2.24, 2.45) is 23.2 Å². The minimum atomic E-state index is -2.04. The largest absolute Gasteiger partial charge is 0.547 e. The Kier molecular flexibility index (Phi) is 6.38. The second-order valence-corrected chi connectivity index (χ2v) is 17.7. The number of allylic oxidation sites excluding steroid dienone is 2. The first-order valence-corrected chi connectivity index (χ1v) is 16.6. The van der Waals surface area contributed by atoms with Crippen molar-refractivity contribution in [2.75, 3.05) is 21.0 Å². The van der Waals surface area contributed by atoms with Gasteiger partial charge >= 0.3 is 0 Å². The number of nitriles is 1. The molecule has 0 saturated heterocycles. The van der Waals surface area contributed by atoms with Gasteiger partial charge in [-0.05, 0) is 85.0 Å². The maximum Gasteiger partial charge on any atom is 0.250 e. The average Bonchev–Trinajstić information content (AvgIpc) is 3.07. The molecule has 0 aromatic heterocycles. The van der Waals surface area contributed by atoms with E-state index in [1.54, 1.807) is 14.2 Å². The van der Waals surface area contributed by atoms with Gasteiger partial charge in [-0.25, -0.2) is 0 Å². The summed E-state index contributed by atoms with van der Waals surface area (Å²) in [7, 11) is 1.37. The highest BCUT2D eigenvalue weighted by Gasteiger charge is 2.71. The van der Waals surface area contributed by atoms with E-state index in [9.17, 15) is 5.26 Å². The Bertz CT molecular complexity index is 1100. The van der Waals surface area contributed by atoms with Gasteiger partial charge in [0.05, 0.1) is 24.4 Å².